The lowest BCUT2D eigenvalue weighted by Crippen LogP contribution is -2.05. The molecule has 3 nitrogen and oxygen atoms in total. The maximum atomic E-state index is 10.7. The van der Waals surface area contributed by atoms with Crippen LogP contribution in [0.3, 0.4) is 0 Å². The SMILES string of the molecule is CS(=O)(=O)Oc1cc(Cl)c[c]c1Cl. The van der Waals surface area contributed by atoms with Crippen LogP contribution in [0.4, 0.5) is 0 Å². The molecule has 0 amide bonds. The van der Waals surface area contributed by atoms with E-state index in [2.05, 4.69) is 10.2 Å². The van der Waals surface area contributed by atoms with Crippen LogP contribution in [0.1, 0.15) is 0 Å². The normalized spacial score (nSPS) is 11.3. The molecule has 0 atom stereocenters. The van der Waals surface area contributed by atoms with E-state index in [0.717, 1.165) is 6.26 Å². The van der Waals surface area contributed by atoms with E-state index in [9.17, 15) is 8.42 Å². The van der Waals surface area contributed by atoms with Gasteiger partial charge in [0.2, 0.25) is 0 Å². The van der Waals surface area contributed by atoms with Gasteiger partial charge in [-0.15, -0.1) is 0 Å². The summed E-state index contributed by atoms with van der Waals surface area (Å²) in [7, 11) is -3.58. The Kier molecular flexibility index (Phi) is 3.05. The van der Waals surface area contributed by atoms with E-state index in [-0.39, 0.29) is 10.8 Å². The third kappa shape index (κ3) is 3.42. The molecular weight excluding hydrogens is 235 g/mol. The lowest BCUT2D eigenvalue weighted by atomic mass is 10.3. The molecule has 0 aliphatic carbocycles. The van der Waals surface area contributed by atoms with Crippen molar-refractivity contribution in [1.29, 1.82) is 0 Å². The van der Waals surface area contributed by atoms with Crippen LogP contribution in [-0.2, 0) is 10.1 Å². The van der Waals surface area contributed by atoms with Gasteiger partial charge in [0.25, 0.3) is 0 Å². The first-order valence-electron chi connectivity index (χ1n) is 3.15. The Morgan fingerprint density at radius 2 is 2.08 bits per heavy atom. The van der Waals surface area contributed by atoms with E-state index in [1.165, 1.54) is 12.1 Å². The molecule has 0 aromatic heterocycles. The fourth-order valence-corrected chi connectivity index (χ4v) is 1.46. The van der Waals surface area contributed by atoms with Crippen LogP contribution in [0.5, 0.6) is 5.75 Å². The summed E-state index contributed by atoms with van der Waals surface area (Å²) >= 11 is 11.2. The third-order valence-corrected chi connectivity index (χ3v) is 2.06. The molecule has 0 N–H and O–H groups in total. The number of hydrogen-bond acceptors (Lipinski definition) is 3. The first-order valence-corrected chi connectivity index (χ1v) is 5.72. The summed E-state index contributed by atoms with van der Waals surface area (Å²) in [6.07, 6.45) is 0.921. The third-order valence-electron chi connectivity index (χ3n) is 1.06. The summed E-state index contributed by atoms with van der Waals surface area (Å²) in [5.41, 5.74) is 0. The van der Waals surface area contributed by atoms with Gasteiger partial charge in [0.15, 0.2) is 5.75 Å². The van der Waals surface area contributed by atoms with Crippen LogP contribution >= 0.6 is 23.2 Å². The van der Waals surface area contributed by atoms with E-state index in [1.54, 1.807) is 0 Å². The zero-order valence-electron chi connectivity index (χ0n) is 6.54. The number of halogens is 2. The van der Waals surface area contributed by atoms with E-state index < -0.39 is 10.1 Å². The molecule has 1 aromatic carbocycles. The Hall–Kier alpha value is -0.450. The van der Waals surface area contributed by atoms with E-state index in [1.807, 2.05) is 0 Å². The molecular formula is C7H5Cl2O3S. The van der Waals surface area contributed by atoms with Crippen LogP contribution in [0.25, 0.3) is 0 Å². The van der Waals surface area contributed by atoms with Gasteiger partial charge in [-0.25, -0.2) is 0 Å². The molecule has 0 saturated heterocycles. The summed E-state index contributed by atoms with van der Waals surface area (Å²) in [6.45, 7) is 0. The van der Waals surface area contributed by atoms with Gasteiger partial charge in [-0.3, -0.25) is 0 Å². The average Bonchev–Trinajstić information content (AvgIpc) is 1.94. The Morgan fingerprint density at radius 1 is 1.46 bits per heavy atom. The zero-order chi connectivity index (χ0) is 10.1. The summed E-state index contributed by atoms with van der Waals surface area (Å²) < 4.78 is 26.0. The lowest BCUT2D eigenvalue weighted by Gasteiger charge is -2.04. The van der Waals surface area contributed by atoms with Crippen LogP contribution in [0.15, 0.2) is 12.1 Å². The van der Waals surface area contributed by atoms with E-state index in [0.29, 0.717) is 5.02 Å². The van der Waals surface area contributed by atoms with Crippen LogP contribution in [0.2, 0.25) is 10.0 Å². The van der Waals surface area contributed by atoms with Gasteiger partial charge in [-0.05, 0) is 6.07 Å². The molecule has 0 aliphatic rings. The van der Waals surface area contributed by atoms with Gasteiger partial charge >= 0.3 is 10.1 Å². The Labute approximate surface area is 86.4 Å². The fraction of sp³-hybridized carbons (Fsp3) is 0.143. The Morgan fingerprint density at radius 3 is 2.62 bits per heavy atom. The first kappa shape index (κ1) is 10.6. The summed E-state index contributed by atoms with van der Waals surface area (Å²) in [5.74, 6) is -0.0170. The fourth-order valence-electron chi connectivity index (χ4n) is 0.657. The molecule has 0 unspecified atom stereocenters. The Bertz CT molecular complexity index is 414. The maximum absolute atomic E-state index is 10.7. The molecule has 0 saturated carbocycles. The van der Waals surface area contributed by atoms with Crippen LogP contribution < -0.4 is 4.18 Å². The standard InChI is InChI=1S/C7H5Cl2O3S/c1-13(10,11)12-7-4-5(8)2-3-6(7)9/h2,4H,1H3. The predicted octanol–water partition coefficient (Wildman–Crippen LogP) is 2.13. The number of benzene rings is 1. The average molecular weight is 240 g/mol. The van der Waals surface area contributed by atoms with Crippen molar-refractivity contribution in [1.82, 2.24) is 0 Å². The van der Waals surface area contributed by atoms with Gasteiger partial charge < -0.3 is 4.18 Å². The van der Waals surface area contributed by atoms with E-state index in [4.69, 9.17) is 23.2 Å². The van der Waals surface area contributed by atoms with Crippen LogP contribution in [0, 0.1) is 6.07 Å². The highest BCUT2D eigenvalue weighted by Crippen LogP contribution is 2.27. The van der Waals surface area contributed by atoms with Gasteiger partial charge in [-0.1, -0.05) is 23.2 Å². The summed E-state index contributed by atoms with van der Waals surface area (Å²) in [6, 6.07) is 5.26. The Balaban J connectivity index is 3.08. The highest BCUT2D eigenvalue weighted by Gasteiger charge is 2.08. The highest BCUT2D eigenvalue weighted by atomic mass is 35.5. The second kappa shape index (κ2) is 3.74. The largest absolute Gasteiger partial charge is 0.381 e. The molecule has 0 bridgehead atoms. The monoisotopic (exact) mass is 239 g/mol. The molecule has 1 rings (SSSR count). The zero-order valence-corrected chi connectivity index (χ0v) is 8.87. The topological polar surface area (TPSA) is 43.4 Å². The van der Waals surface area contributed by atoms with Gasteiger partial charge in [0.1, 0.15) is 0 Å². The quantitative estimate of drug-likeness (QED) is 0.743. The van der Waals surface area contributed by atoms with Crippen molar-refractivity contribution in [3.63, 3.8) is 0 Å². The van der Waals surface area contributed by atoms with Crippen molar-refractivity contribution in [2.75, 3.05) is 6.26 Å². The van der Waals surface area contributed by atoms with Crippen molar-refractivity contribution in [3.05, 3.63) is 28.2 Å². The molecule has 0 fully saturated rings. The molecule has 0 spiro atoms. The van der Waals surface area contributed by atoms with E-state index >= 15 is 0 Å². The summed E-state index contributed by atoms with van der Waals surface area (Å²) in [4.78, 5) is 0. The molecule has 1 aromatic rings. The van der Waals surface area contributed by atoms with Gasteiger partial charge in [0.05, 0.1) is 11.3 Å². The van der Waals surface area contributed by atoms with Crippen molar-refractivity contribution < 1.29 is 12.6 Å². The number of hydrogen-bond donors (Lipinski definition) is 0. The molecule has 1 radical (unpaired) electrons. The van der Waals surface area contributed by atoms with Gasteiger partial charge in [0, 0.05) is 17.2 Å². The number of rotatable bonds is 2. The second-order valence-corrected chi connectivity index (χ2v) is 4.67. The maximum Gasteiger partial charge on any atom is 0.306 e. The minimum atomic E-state index is -3.58. The molecule has 71 valence electrons. The minimum Gasteiger partial charge on any atom is -0.381 e. The first-order chi connectivity index (χ1) is 5.88. The second-order valence-electron chi connectivity index (χ2n) is 2.28. The lowest BCUT2D eigenvalue weighted by molar-refractivity contribution is 0.493. The molecule has 0 heterocycles. The minimum absolute atomic E-state index is 0.0170. The highest BCUT2D eigenvalue weighted by molar-refractivity contribution is 7.86. The molecule has 6 heteroatoms. The van der Waals surface area contributed by atoms with Crippen LogP contribution in [-0.4, -0.2) is 14.7 Å². The van der Waals surface area contributed by atoms with Crippen molar-refractivity contribution in [3.8, 4) is 5.75 Å². The smallest absolute Gasteiger partial charge is 0.306 e. The summed E-state index contributed by atoms with van der Waals surface area (Å²) in [5, 5.41) is 0.387. The van der Waals surface area contributed by atoms with Gasteiger partial charge in [-0.2, -0.15) is 8.42 Å². The van der Waals surface area contributed by atoms with Crippen molar-refractivity contribution >= 4 is 33.3 Å². The molecule has 0 aliphatic heterocycles. The van der Waals surface area contributed by atoms with Crippen molar-refractivity contribution in [2.24, 2.45) is 0 Å². The van der Waals surface area contributed by atoms with Crippen molar-refractivity contribution in [2.45, 2.75) is 0 Å². The predicted molar refractivity (Wildman–Crippen MR) is 50.8 cm³/mol. The molecule has 13 heavy (non-hydrogen) atoms.